The van der Waals surface area contributed by atoms with E-state index in [0.717, 1.165) is 17.7 Å². The molecule has 0 aliphatic heterocycles. The average molecular weight is 317 g/mol. The summed E-state index contributed by atoms with van der Waals surface area (Å²) in [7, 11) is -3.68. The van der Waals surface area contributed by atoms with Crippen molar-refractivity contribution >= 4 is 27.3 Å². The minimum atomic E-state index is -3.68. The van der Waals surface area contributed by atoms with Crippen molar-refractivity contribution in [1.29, 1.82) is 0 Å². The molecule has 0 aromatic carbocycles. The van der Waals surface area contributed by atoms with Crippen molar-refractivity contribution in [2.24, 2.45) is 0 Å². The van der Waals surface area contributed by atoms with Crippen molar-refractivity contribution < 1.29 is 17.9 Å². The van der Waals surface area contributed by atoms with E-state index in [-0.39, 0.29) is 10.8 Å². The van der Waals surface area contributed by atoms with Crippen LogP contribution in [0.4, 0.5) is 0 Å². The van der Waals surface area contributed by atoms with Crippen LogP contribution in [0.5, 0.6) is 0 Å². The smallest absolute Gasteiger partial charge is 0.327 e. The van der Waals surface area contributed by atoms with Crippen LogP contribution in [-0.4, -0.2) is 26.5 Å². The lowest BCUT2D eigenvalue weighted by atomic mass is 10.00. The van der Waals surface area contributed by atoms with Crippen molar-refractivity contribution in [2.45, 2.75) is 49.3 Å². The van der Waals surface area contributed by atoms with Gasteiger partial charge in [0.05, 0.1) is 6.61 Å². The van der Waals surface area contributed by atoms with Crippen LogP contribution in [-0.2, 0) is 19.6 Å². The topological polar surface area (TPSA) is 72.5 Å². The number of hydrogen-bond acceptors (Lipinski definition) is 5. The van der Waals surface area contributed by atoms with E-state index in [1.807, 2.05) is 6.92 Å². The Morgan fingerprint density at radius 2 is 2.05 bits per heavy atom. The molecule has 112 valence electrons. The number of thiophene rings is 1. The Morgan fingerprint density at radius 1 is 1.40 bits per heavy atom. The predicted octanol–water partition coefficient (Wildman–Crippen LogP) is 2.21. The second-order valence-corrected chi connectivity index (χ2v) is 8.18. The molecule has 1 fully saturated rings. The molecule has 5 nitrogen and oxygen atoms in total. The zero-order chi connectivity index (χ0) is 14.8. The fourth-order valence-corrected chi connectivity index (χ4v) is 5.16. The average Bonchev–Trinajstić information content (AvgIpc) is 2.99. The maximum Gasteiger partial charge on any atom is 0.327 e. The van der Waals surface area contributed by atoms with Gasteiger partial charge in [0, 0.05) is 4.88 Å². The van der Waals surface area contributed by atoms with Gasteiger partial charge in [-0.05, 0) is 38.8 Å². The summed E-state index contributed by atoms with van der Waals surface area (Å²) in [4.78, 5) is 13.1. The minimum absolute atomic E-state index is 0.241. The monoisotopic (exact) mass is 317 g/mol. The number of aryl methyl sites for hydroxylation is 1. The number of rotatable bonds is 5. The first-order valence-corrected chi connectivity index (χ1v) is 8.97. The summed E-state index contributed by atoms with van der Waals surface area (Å²) in [5, 5.41) is 0. The predicted molar refractivity (Wildman–Crippen MR) is 77.2 cm³/mol. The van der Waals surface area contributed by atoms with Crippen LogP contribution in [0.2, 0.25) is 0 Å². The van der Waals surface area contributed by atoms with Gasteiger partial charge in [0.1, 0.15) is 9.75 Å². The molecule has 0 unspecified atom stereocenters. The summed E-state index contributed by atoms with van der Waals surface area (Å²) in [5.74, 6) is -0.464. The van der Waals surface area contributed by atoms with Crippen molar-refractivity contribution in [3.63, 3.8) is 0 Å². The number of sulfonamides is 1. The highest BCUT2D eigenvalue weighted by Crippen LogP contribution is 2.33. The lowest BCUT2D eigenvalue weighted by Gasteiger charge is -2.27. The summed E-state index contributed by atoms with van der Waals surface area (Å²) in [6.07, 6.45) is 2.64. The van der Waals surface area contributed by atoms with E-state index in [9.17, 15) is 13.2 Å². The van der Waals surface area contributed by atoms with Crippen LogP contribution in [0.25, 0.3) is 0 Å². The molecule has 0 spiro atoms. The number of nitrogens with one attached hydrogen (secondary N) is 1. The van der Waals surface area contributed by atoms with Gasteiger partial charge >= 0.3 is 5.97 Å². The normalized spacial score (nSPS) is 18.1. The number of carbonyl (C=O) groups excluding carboxylic acids is 1. The van der Waals surface area contributed by atoms with E-state index >= 15 is 0 Å². The number of ether oxygens (including phenoxy) is 1. The maximum absolute atomic E-state index is 12.4. The van der Waals surface area contributed by atoms with Crippen LogP contribution >= 0.6 is 11.3 Å². The second kappa shape index (κ2) is 5.83. The van der Waals surface area contributed by atoms with Gasteiger partial charge in [0.15, 0.2) is 0 Å². The minimum Gasteiger partial charge on any atom is -0.465 e. The van der Waals surface area contributed by atoms with Crippen LogP contribution < -0.4 is 4.72 Å². The zero-order valence-electron chi connectivity index (χ0n) is 11.6. The van der Waals surface area contributed by atoms with E-state index in [1.54, 1.807) is 19.1 Å². The Hall–Kier alpha value is -0.920. The summed E-state index contributed by atoms with van der Waals surface area (Å²) < 4.78 is 32.7. The van der Waals surface area contributed by atoms with Gasteiger partial charge in [-0.25, -0.2) is 8.42 Å². The van der Waals surface area contributed by atoms with E-state index in [0.29, 0.717) is 12.8 Å². The Balaban J connectivity index is 2.26. The highest BCUT2D eigenvalue weighted by molar-refractivity contribution is 7.91. The SMILES string of the molecule is CCOC(=O)C1(NS(=O)(=O)c2ccc(C)s2)CCCC1. The first-order valence-electron chi connectivity index (χ1n) is 6.67. The molecule has 1 N–H and O–H groups in total. The molecule has 1 aliphatic carbocycles. The van der Waals surface area contributed by atoms with Gasteiger partial charge in [-0.2, -0.15) is 4.72 Å². The summed E-state index contributed by atoms with van der Waals surface area (Å²) in [6, 6.07) is 3.32. The van der Waals surface area contributed by atoms with Crippen molar-refractivity contribution in [2.75, 3.05) is 6.61 Å². The van der Waals surface area contributed by atoms with Crippen LogP contribution in [0.1, 0.15) is 37.5 Å². The standard InChI is InChI=1S/C13H19NO4S2/c1-3-18-12(15)13(8-4-5-9-13)14-20(16,17)11-7-6-10(2)19-11/h6-7,14H,3-5,8-9H2,1-2H3. The van der Waals surface area contributed by atoms with Gasteiger partial charge in [0.2, 0.25) is 0 Å². The third-order valence-corrected chi connectivity index (χ3v) is 6.46. The molecule has 1 saturated carbocycles. The molecule has 1 aromatic heterocycles. The first kappa shape index (κ1) is 15.5. The van der Waals surface area contributed by atoms with E-state index < -0.39 is 21.5 Å². The molecular formula is C13H19NO4S2. The lowest BCUT2D eigenvalue weighted by molar-refractivity contribution is -0.150. The summed E-state index contributed by atoms with van der Waals surface area (Å²) >= 11 is 1.20. The summed E-state index contributed by atoms with van der Waals surface area (Å²) in [5.41, 5.74) is -1.09. The molecule has 0 amide bonds. The molecule has 0 atom stereocenters. The van der Waals surface area contributed by atoms with Crippen molar-refractivity contribution in [3.05, 3.63) is 17.0 Å². The fourth-order valence-electron chi connectivity index (χ4n) is 2.46. The molecule has 0 radical (unpaired) electrons. The molecule has 1 aliphatic rings. The van der Waals surface area contributed by atoms with Crippen molar-refractivity contribution in [1.82, 2.24) is 4.72 Å². The van der Waals surface area contributed by atoms with Gasteiger partial charge in [0.25, 0.3) is 10.0 Å². The van der Waals surface area contributed by atoms with Crippen LogP contribution in [0.15, 0.2) is 16.3 Å². The lowest BCUT2D eigenvalue weighted by Crippen LogP contribution is -2.53. The highest BCUT2D eigenvalue weighted by Gasteiger charge is 2.46. The third kappa shape index (κ3) is 3.05. The zero-order valence-corrected chi connectivity index (χ0v) is 13.3. The molecule has 1 heterocycles. The Bertz CT molecular complexity index is 585. The number of carbonyl (C=O) groups is 1. The molecule has 0 bridgehead atoms. The molecule has 1 aromatic rings. The van der Waals surface area contributed by atoms with Gasteiger partial charge in [-0.15, -0.1) is 11.3 Å². The van der Waals surface area contributed by atoms with Gasteiger partial charge in [-0.3, -0.25) is 4.79 Å². The third-order valence-electron chi connectivity index (χ3n) is 3.43. The fraction of sp³-hybridized carbons (Fsp3) is 0.615. The molecule has 0 saturated heterocycles. The molecule has 7 heteroatoms. The molecular weight excluding hydrogens is 298 g/mol. The Morgan fingerprint density at radius 3 is 2.55 bits per heavy atom. The number of esters is 1. The quantitative estimate of drug-likeness (QED) is 0.845. The molecule has 20 heavy (non-hydrogen) atoms. The van der Waals surface area contributed by atoms with Crippen molar-refractivity contribution in [3.8, 4) is 0 Å². The largest absolute Gasteiger partial charge is 0.465 e. The van der Waals surface area contributed by atoms with E-state index in [4.69, 9.17) is 4.74 Å². The van der Waals surface area contributed by atoms with Gasteiger partial charge < -0.3 is 4.74 Å². The maximum atomic E-state index is 12.4. The number of hydrogen-bond donors (Lipinski definition) is 1. The molecule has 2 rings (SSSR count). The Kier molecular flexibility index (Phi) is 4.51. The second-order valence-electron chi connectivity index (χ2n) is 4.98. The summed E-state index contributed by atoms with van der Waals surface area (Å²) in [6.45, 7) is 3.82. The van der Waals surface area contributed by atoms with E-state index in [2.05, 4.69) is 4.72 Å². The van der Waals surface area contributed by atoms with Crippen LogP contribution in [0, 0.1) is 6.92 Å². The first-order chi connectivity index (χ1) is 9.39. The highest BCUT2D eigenvalue weighted by atomic mass is 32.2. The van der Waals surface area contributed by atoms with Crippen LogP contribution in [0.3, 0.4) is 0 Å². The van der Waals surface area contributed by atoms with E-state index in [1.165, 1.54) is 11.3 Å². The van der Waals surface area contributed by atoms with Gasteiger partial charge in [-0.1, -0.05) is 12.8 Å². The Labute approximate surface area is 123 Å².